The third-order valence-corrected chi connectivity index (χ3v) is 3.83. The van der Waals surface area contributed by atoms with E-state index < -0.39 is 0 Å². The van der Waals surface area contributed by atoms with Crippen LogP contribution in [0.1, 0.15) is 42.1 Å². The Morgan fingerprint density at radius 1 is 1.19 bits per heavy atom. The average molecular weight is 285 g/mol. The maximum atomic E-state index is 4.49. The van der Waals surface area contributed by atoms with E-state index in [0.29, 0.717) is 5.92 Å². The van der Waals surface area contributed by atoms with Crippen molar-refractivity contribution in [2.24, 2.45) is 5.92 Å². The normalized spacial score (nSPS) is 11.3. The number of rotatable bonds is 6. The number of nitrogens with zero attached hydrogens (tertiary/aromatic N) is 2. The first kappa shape index (κ1) is 15.8. The second kappa shape index (κ2) is 6.90. The summed E-state index contributed by atoms with van der Waals surface area (Å²) in [5.41, 5.74) is 5.29. The molecular formula is C18H27N3. The molecule has 0 aliphatic heterocycles. The van der Waals surface area contributed by atoms with Gasteiger partial charge in [0.2, 0.25) is 0 Å². The Kier molecular flexibility index (Phi) is 5.18. The summed E-state index contributed by atoms with van der Waals surface area (Å²) in [7, 11) is 0. The Morgan fingerprint density at radius 3 is 2.67 bits per heavy atom. The van der Waals surface area contributed by atoms with Crippen LogP contribution in [0.15, 0.2) is 24.4 Å². The van der Waals surface area contributed by atoms with Gasteiger partial charge in [0.05, 0.1) is 5.69 Å². The van der Waals surface area contributed by atoms with Gasteiger partial charge in [-0.2, -0.15) is 0 Å². The number of aryl methyl sites for hydroxylation is 3. The van der Waals surface area contributed by atoms with E-state index in [1.807, 2.05) is 6.20 Å². The van der Waals surface area contributed by atoms with Crippen molar-refractivity contribution in [1.82, 2.24) is 14.9 Å². The highest BCUT2D eigenvalue weighted by Gasteiger charge is 2.09. The SMILES string of the molecule is Cc1ccc(C)c(Cn2c(CNCC(C)C)cnc2C)c1. The molecule has 0 aliphatic carbocycles. The minimum absolute atomic E-state index is 0.668. The largest absolute Gasteiger partial charge is 0.327 e. The van der Waals surface area contributed by atoms with Gasteiger partial charge in [0.15, 0.2) is 0 Å². The van der Waals surface area contributed by atoms with Gasteiger partial charge in [0.25, 0.3) is 0 Å². The second-order valence-electron chi connectivity index (χ2n) is 6.34. The highest BCUT2D eigenvalue weighted by atomic mass is 15.1. The molecule has 0 saturated carbocycles. The lowest BCUT2D eigenvalue weighted by molar-refractivity contribution is 0.537. The minimum Gasteiger partial charge on any atom is -0.327 e. The van der Waals surface area contributed by atoms with Crippen molar-refractivity contribution in [2.45, 2.75) is 47.7 Å². The molecule has 0 spiro atoms. The number of benzene rings is 1. The predicted molar refractivity (Wildman–Crippen MR) is 88.5 cm³/mol. The van der Waals surface area contributed by atoms with Gasteiger partial charge in [0, 0.05) is 19.3 Å². The Bertz CT molecular complexity index is 597. The molecule has 0 aliphatic rings. The Morgan fingerprint density at radius 2 is 1.95 bits per heavy atom. The molecule has 2 rings (SSSR count). The highest BCUT2D eigenvalue weighted by molar-refractivity contribution is 5.31. The van der Waals surface area contributed by atoms with E-state index in [1.165, 1.54) is 22.4 Å². The van der Waals surface area contributed by atoms with Gasteiger partial charge in [-0.1, -0.05) is 37.6 Å². The Hall–Kier alpha value is -1.61. The lowest BCUT2D eigenvalue weighted by Gasteiger charge is -2.14. The average Bonchev–Trinajstić information content (AvgIpc) is 2.75. The van der Waals surface area contributed by atoms with Crippen molar-refractivity contribution in [3.05, 3.63) is 52.6 Å². The monoisotopic (exact) mass is 285 g/mol. The molecule has 3 nitrogen and oxygen atoms in total. The number of nitrogens with one attached hydrogen (secondary N) is 1. The van der Waals surface area contributed by atoms with E-state index in [-0.39, 0.29) is 0 Å². The summed E-state index contributed by atoms with van der Waals surface area (Å²) in [6.07, 6.45) is 1.99. The van der Waals surface area contributed by atoms with E-state index in [4.69, 9.17) is 0 Å². The van der Waals surface area contributed by atoms with Crippen molar-refractivity contribution < 1.29 is 0 Å². The minimum atomic E-state index is 0.668. The molecule has 21 heavy (non-hydrogen) atoms. The molecule has 0 saturated heterocycles. The summed E-state index contributed by atoms with van der Waals surface area (Å²) in [5.74, 6) is 1.75. The maximum absolute atomic E-state index is 4.49. The van der Waals surface area contributed by atoms with E-state index in [1.54, 1.807) is 0 Å². The van der Waals surface area contributed by atoms with Crippen LogP contribution in [0.4, 0.5) is 0 Å². The van der Waals surface area contributed by atoms with Crippen molar-refractivity contribution >= 4 is 0 Å². The van der Waals surface area contributed by atoms with Crippen LogP contribution in [0.3, 0.4) is 0 Å². The predicted octanol–water partition coefficient (Wildman–Crippen LogP) is 3.60. The fourth-order valence-electron chi connectivity index (χ4n) is 2.50. The summed E-state index contributed by atoms with van der Waals surface area (Å²) in [5, 5.41) is 3.51. The first-order chi connectivity index (χ1) is 9.97. The first-order valence-corrected chi connectivity index (χ1v) is 7.75. The van der Waals surface area contributed by atoms with Crippen LogP contribution in [0.2, 0.25) is 0 Å². The molecule has 0 atom stereocenters. The fraction of sp³-hybridized carbons (Fsp3) is 0.500. The summed E-state index contributed by atoms with van der Waals surface area (Å²) in [6, 6.07) is 6.65. The van der Waals surface area contributed by atoms with Gasteiger partial charge < -0.3 is 9.88 Å². The van der Waals surface area contributed by atoms with Crippen LogP contribution < -0.4 is 5.32 Å². The van der Waals surface area contributed by atoms with Crippen LogP contribution in [-0.2, 0) is 13.1 Å². The second-order valence-corrected chi connectivity index (χ2v) is 6.34. The standard InChI is InChI=1S/C18H27N3/c1-13(2)9-19-10-18-11-20-16(5)21(18)12-17-8-14(3)6-7-15(17)4/h6-8,11,13,19H,9-10,12H2,1-5H3. The molecule has 0 unspecified atom stereocenters. The molecule has 3 heteroatoms. The van der Waals surface area contributed by atoms with E-state index in [2.05, 4.69) is 67.7 Å². The van der Waals surface area contributed by atoms with Crippen LogP contribution in [0, 0.1) is 26.7 Å². The topological polar surface area (TPSA) is 29.9 Å². The van der Waals surface area contributed by atoms with E-state index in [9.17, 15) is 0 Å². The van der Waals surface area contributed by atoms with Crippen molar-refractivity contribution in [2.75, 3.05) is 6.54 Å². The first-order valence-electron chi connectivity index (χ1n) is 7.75. The van der Waals surface area contributed by atoms with Gasteiger partial charge >= 0.3 is 0 Å². The van der Waals surface area contributed by atoms with Crippen LogP contribution in [-0.4, -0.2) is 16.1 Å². The van der Waals surface area contributed by atoms with Crippen LogP contribution in [0.5, 0.6) is 0 Å². The van der Waals surface area contributed by atoms with Gasteiger partial charge in [-0.3, -0.25) is 0 Å². The quantitative estimate of drug-likeness (QED) is 0.879. The zero-order chi connectivity index (χ0) is 15.4. The van der Waals surface area contributed by atoms with E-state index >= 15 is 0 Å². The molecule has 1 N–H and O–H groups in total. The summed E-state index contributed by atoms with van der Waals surface area (Å²) in [6.45, 7) is 13.7. The van der Waals surface area contributed by atoms with Crippen LogP contribution >= 0.6 is 0 Å². The Labute approximate surface area is 128 Å². The summed E-state index contributed by atoms with van der Waals surface area (Å²) < 4.78 is 2.31. The third kappa shape index (κ3) is 4.18. The molecule has 0 amide bonds. The van der Waals surface area contributed by atoms with Crippen LogP contribution in [0.25, 0.3) is 0 Å². The number of hydrogen-bond acceptors (Lipinski definition) is 2. The lowest BCUT2D eigenvalue weighted by atomic mass is 10.1. The molecule has 114 valence electrons. The smallest absolute Gasteiger partial charge is 0.106 e. The zero-order valence-corrected chi connectivity index (χ0v) is 13.9. The molecular weight excluding hydrogens is 258 g/mol. The molecule has 1 heterocycles. The molecule has 0 fully saturated rings. The fourth-order valence-corrected chi connectivity index (χ4v) is 2.50. The lowest BCUT2D eigenvalue weighted by Crippen LogP contribution is -2.21. The molecule has 1 aromatic carbocycles. The maximum Gasteiger partial charge on any atom is 0.106 e. The Balaban J connectivity index is 2.15. The van der Waals surface area contributed by atoms with Crippen molar-refractivity contribution in [3.8, 4) is 0 Å². The number of hydrogen-bond donors (Lipinski definition) is 1. The highest BCUT2D eigenvalue weighted by Crippen LogP contribution is 2.15. The van der Waals surface area contributed by atoms with Gasteiger partial charge in [-0.05, 0) is 44.4 Å². The molecule has 0 radical (unpaired) electrons. The third-order valence-electron chi connectivity index (χ3n) is 3.83. The number of imidazole rings is 1. The van der Waals surface area contributed by atoms with Crippen molar-refractivity contribution in [1.29, 1.82) is 0 Å². The zero-order valence-electron chi connectivity index (χ0n) is 13.9. The molecule has 2 aromatic rings. The summed E-state index contributed by atoms with van der Waals surface area (Å²) >= 11 is 0. The van der Waals surface area contributed by atoms with Gasteiger partial charge in [0.1, 0.15) is 5.82 Å². The van der Waals surface area contributed by atoms with Gasteiger partial charge in [-0.25, -0.2) is 4.98 Å². The van der Waals surface area contributed by atoms with Gasteiger partial charge in [-0.15, -0.1) is 0 Å². The molecule has 1 aromatic heterocycles. The van der Waals surface area contributed by atoms with E-state index in [0.717, 1.165) is 25.5 Å². The summed E-state index contributed by atoms with van der Waals surface area (Å²) in [4.78, 5) is 4.49. The molecule has 0 bridgehead atoms. The number of aromatic nitrogens is 2. The van der Waals surface area contributed by atoms with Crippen molar-refractivity contribution in [3.63, 3.8) is 0 Å².